The first-order chi connectivity index (χ1) is 17.4. The van der Waals surface area contributed by atoms with Gasteiger partial charge in [-0.2, -0.15) is 9.97 Å². The van der Waals surface area contributed by atoms with Crippen LogP contribution in [-0.4, -0.2) is 59.3 Å². The maximum Gasteiger partial charge on any atom is 0.325 e. The van der Waals surface area contributed by atoms with Crippen LogP contribution in [0.3, 0.4) is 0 Å². The van der Waals surface area contributed by atoms with E-state index in [4.69, 9.17) is 21.3 Å². The number of aliphatic imine (C=N–C) groups is 1. The van der Waals surface area contributed by atoms with Crippen LogP contribution in [0.1, 0.15) is 37.8 Å². The molecule has 0 spiro atoms. The highest BCUT2D eigenvalue weighted by molar-refractivity contribution is 6.33. The lowest BCUT2D eigenvalue weighted by Gasteiger charge is -2.35. The average molecular weight is 505 g/mol. The van der Waals surface area contributed by atoms with Crippen LogP contribution in [0, 0.1) is 5.92 Å². The number of rotatable bonds is 5. The minimum Gasteiger partial charge on any atom is -0.423 e. The molecule has 8 nitrogen and oxygen atoms in total. The molecule has 2 aliphatic heterocycles. The highest BCUT2D eigenvalue weighted by Crippen LogP contribution is 2.39. The first kappa shape index (κ1) is 23.0. The zero-order chi connectivity index (χ0) is 24.8. The second kappa shape index (κ2) is 9.24. The molecule has 0 atom stereocenters. The van der Waals surface area contributed by atoms with E-state index < -0.39 is 0 Å². The lowest BCUT2D eigenvalue weighted by Crippen LogP contribution is -2.48. The zero-order valence-corrected chi connectivity index (χ0v) is 21.3. The van der Waals surface area contributed by atoms with E-state index in [9.17, 15) is 4.79 Å². The molecule has 2 aromatic rings. The number of benzene rings is 1. The molecule has 2 aliphatic carbocycles. The minimum atomic E-state index is 0.0942. The molecule has 2 fully saturated rings. The van der Waals surface area contributed by atoms with Gasteiger partial charge >= 0.3 is 6.01 Å². The van der Waals surface area contributed by atoms with Gasteiger partial charge in [0.2, 0.25) is 5.91 Å². The largest absolute Gasteiger partial charge is 0.423 e. The van der Waals surface area contributed by atoms with Crippen molar-refractivity contribution in [1.29, 1.82) is 0 Å². The number of piperazine rings is 1. The molecule has 1 amide bonds. The van der Waals surface area contributed by atoms with Crippen molar-refractivity contribution >= 4 is 41.1 Å². The lowest BCUT2D eigenvalue weighted by molar-refractivity contribution is -0.129. The molecule has 9 heteroatoms. The molecule has 0 radical (unpaired) electrons. The summed E-state index contributed by atoms with van der Waals surface area (Å²) in [6.07, 6.45) is 7.66. The molecule has 36 heavy (non-hydrogen) atoms. The zero-order valence-electron chi connectivity index (χ0n) is 20.6. The number of halogens is 1. The Hall–Kier alpha value is -3.39. The predicted molar refractivity (Wildman–Crippen MR) is 142 cm³/mol. The Morgan fingerprint density at radius 3 is 2.69 bits per heavy atom. The number of nitrogens with one attached hydrogen (secondary N) is 1. The van der Waals surface area contributed by atoms with Crippen molar-refractivity contribution in [2.24, 2.45) is 10.9 Å². The average Bonchev–Trinajstić information content (AvgIpc) is 3.49. The van der Waals surface area contributed by atoms with Gasteiger partial charge in [0.1, 0.15) is 23.2 Å². The SMILES string of the molecule is CC(=O)N1CCN(c2cc(NC3=NCC(C4CC4)=C3)nc(Oc3ccc4c(c3Cl)C=C(C)C4)n2)CC1. The molecule has 1 saturated heterocycles. The van der Waals surface area contributed by atoms with E-state index in [1.54, 1.807) is 6.92 Å². The van der Waals surface area contributed by atoms with Crippen LogP contribution in [-0.2, 0) is 11.2 Å². The Morgan fingerprint density at radius 1 is 1.14 bits per heavy atom. The van der Waals surface area contributed by atoms with Gasteiger partial charge in [-0.05, 0) is 55.4 Å². The maximum absolute atomic E-state index is 11.8. The van der Waals surface area contributed by atoms with Crippen LogP contribution in [0.25, 0.3) is 6.08 Å². The molecule has 0 bridgehead atoms. The Bertz CT molecular complexity index is 1320. The van der Waals surface area contributed by atoms with Crippen LogP contribution < -0.4 is 15.0 Å². The van der Waals surface area contributed by atoms with Gasteiger partial charge in [0.05, 0.1) is 11.6 Å². The summed E-state index contributed by atoms with van der Waals surface area (Å²) in [7, 11) is 0. The van der Waals surface area contributed by atoms with Crippen LogP contribution in [0.4, 0.5) is 11.6 Å². The van der Waals surface area contributed by atoms with E-state index in [0.717, 1.165) is 30.2 Å². The maximum atomic E-state index is 11.8. The second-order valence-electron chi connectivity index (χ2n) is 9.93. The fourth-order valence-electron chi connectivity index (χ4n) is 4.98. The fraction of sp³-hybridized carbons (Fsp3) is 0.407. The topological polar surface area (TPSA) is 83.0 Å². The van der Waals surface area contributed by atoms with Gasteiger partial charge in [0, 0.05) is 44.7 Å². The molecule has 3 heterocycles. The number of carbonyl (C=O) groups is 1. The number of fused-ring (bicyclic) bond motifs is 1. The lowest BCUT2D eigenvalue weighted by atomic mass is 10.1. The van der Waals surface area contributed by atoms with E-state index in [2.05, 4.69) is 39.3 Å². The van der Waals surface area contributed by atoms with Crippen molar-refractivity contribution in [3.63, 3.8) is 0 Å². The summed E-state index contributed by atoms with van der Waals surface area (Å²) in [6, 6.07) is 6.06. The van der Waals surface area contributed by atoms with Gasteiger partial charge in [0.15, 0.2) is 0 Å². The summed E-state index contributed by atoms with van der Waals surface area (Å²) in [6.45, 7) is 7.14. The van der Waals surface area contributed by atoms with Crippen molar-refractivity contribution in [1.82, 2.24) is 14.9 Å². The number of nitrogens with zero attached hydrogens (tertiary/aromatic N) is 5. The monoisotopic (exact) mass is 504 g/mol. The summed E-state index contributed by atoms with van der Waals surface area (Å²) in [5.74, 6) is 3.47. The van der Waals surface area contributed by atoms with Gasteiger partial charge in [-0.15, -0.1) is 0 Å². The number of ether oxygens (including phenoxy) is 1. The first-order valence-corrected chi connectivity index (χ1v) is 12.9. The van der Waals surface area contributed by atoms with Gasteiger partial charge in [0.25, 0.3) is 0 Å². The number of hydrogen-bond acceptors (Lipinski definition) is 7. The van der Waals surface area contributed by atoms with E-state index in [1.807, 2.05) is 23.1 Å². The normalized spacial score (nSPS) is 19.0. The summed E-state index contributed by atoms with van der Waals surface area (Å²) in [4.78, 5) is 29.8. The molecule has 4 aliphatic rings. The third-order valence-electron chi connectivity index (χ3n) is 7.15. The summed E-state index contributed by atoms with van der Waals surface area (Å²) in [5.41, 5.74) is 4.86. The van der Waals surface area contributed by atoms with Crippen molar-refractivity contribution < 1.29 is 9.53 Å². The Balaban J connectivity index is 1.28. The summed E-state index contributed by atoms with van der Waals surface area (Å²) >= 11 is 6.72. The molecular formula is C27H29ClN6O2. The molecular weight excluding hydrogens is 476 g/mol. The smallest absolute Gasteiger partial charge is 0.325 e. The Morgan fingerprint density at radius 2 is 1.94 bits per heavy atom. The number of allylic oxidation sites excluding steroid dienone is 1. The Labute approximate surface area is 215 Å². The second-order valence-corrected chi connectivity index (χ2v) is 10.3. The molecule has 1 aromatic heterocycles. The third-order valence-corrected chi connectivity index (χ3v) is 7.54. The highest BCUT2D eigenvalue weighted by atomic mass is 35.5. The molecule has 1 N–H and O–H groups in total. The van der Waals surface area contributed by atoms with Crippen LogP contribution in [0.2, 0.25) is 5.02 Å². The number of amides is 1. The quantitative estimate of drug-likeness (QED) is 0.635. The number of amidine groups is 1. The van der Waals surface area contributed by atoms with Gasteiger partial charge in [-0.3, -0.25) is 9.79 Å². The van der Waals surface area contributed by atoms with Gasteiger partial charge < -0.3 is 19.9 Å². The van der Waals surface area contributed by atoms with E-state index in [0.29, 0.717) is 48.7 Å². The summed E-state index contributed by atoms with van der Waals surface area (Å²) < 4.78 is 6.17. The highest BCUT2D eigenvalue weighted by Gasteiger charge is 2.28. The molecule has 186 valence electrons. The third kappa shape index (κ3) is 4.69. The number of anilines is 2. The molecule has 0 unspecified atom stereocenters. The van der Waals surface area contributed by atoms with E-state index in [1.165, 1.54) is 29.6 Å². The van der Waals surface area contributed by atoms with Crippen LogP contribution >= 0.6 is 11.6 Å². The molecule has 1 aromatic carbocycles. The number of aromatic nitrogens is 2. The number of hydrogen-bond donors (Lipinski definition) is 1. The number of carbonyl (C=O) groups excluding carboxylic acids is 1. The van der Waals surface area contributed by atoms with Crippen molar-refractivity contribution in [3.8, 4) is 11.8 Å². The van der Waals surface area contributed by atoms with Crippen molar-refractivity contribution in [3.05, 3.63) is 51.6 Å². The van der Waals surface area contributed by atoms with Crippen LogP contribution in [0.15, 0.2) is 40.4 Å². The molecule has 6 rings (SSSR count). The van der Waals surface area contributed by atoms with Crippen molar-refractivity contribution in [2.75, 3.05) is 42.9 Å². The first-order valence-electron chi connectivity index (χ1n) is 12.5. The van der Waals surface area contributed by atoms with Gasteiger partial charge in [-0.1, -0.05) is 29.3 Å². The standard InChI is InChI=1S/C27H29ClN6O2/c1-16-11-19-5-6-22(26(28)21(19)12-16)36-27-31-24(30-23-13-20(15-29-23)18-3-4-18)14-25(32-27)34-9-7-33(8-10-34)17(2)35/h5-6,12-14,18H,3-4,7-11,15H2,1-2H3,(H,29,30,31,32). The molecule has 1 saturated carbocycles. The predicted octanol–water partition coefficient (Wildman–Crippen LogP) is 4.71. The van der Waals surface area contributed by atoms with Crippen LogP contribution in [0.5, 0.6) is 11.8 Å². The Kier molecular flexibility index (Phi) is 5.91. The summed E-state index contributed by atoms with van der Waals surface area (Å²) in [5, 5.41) is 3.93. The fourth-order valence-corrected chi connectivity index (χ4v) is 5.26. The van der Waals surface area contributed by atoms with Crippen molar-refractivity contribution in [2.45, 2.75) is 33.1 Å². The van der Waals surface area contributed by atoms with Gasteiger partial charge in [-0.25, -0.2) is 0 Å². The minimum absolute atomic E-state index is 0.0942. The van der Waals surface area contributed by atoms with E-state index in [-0.39, 0.29) is 11.9 Å². The van der Waals surface area contributed by atoms with E-state index >= 15 is 0 Å².